The number of carbonyl (C=O) groups is 1. The van der Waals surface area contributed by atoms with Crippen molar-refractivity contribution in [1.29, 1.82) is 0 Å². The first-order chi connectivity index (χ1) is 15.5. The van der Waals surface area contributed by atoms with Crippen LogP contribution in [0.25, 0.3) is 11.7 Å². The number of fused-ring (bicyclic) bond motifs is 1. The predicted molar refractivity (Wildman–Crippen MR) is 118 cm³/mol. The molecule has 6 nitrogen and oxygen atoms in total. The second-order valence-electron chi connectivity index (χ2n) is 8.68. The maximum atomic E-state index is 14.4. The standard InChI is InChI=1S/C24H25F2N5O/c1-16-8-11-29(15-16)23(32)7-4-17-14-27-31-12-9-22(28-24(17)31)30-10-2-3-21(30)19-13-18(25)5-6-20(19)26/h4-7,9,12-14,16,21H,2-3,8,10-11,15H2,1H3/b7-4+/t16-,21-/m1/s1. The van der Waals surface area contributed by atoms with Crippen LogP contribution in [0.1, 0.15) is 43.4 Å². The fourth-order valence-corrected chi connectivity index (χ4v) is 4.69. The molecule has 2 aromatic heterocycles. The molecule has 2 fully saturated rings. The molecule has 0 spiro atoms. The number of likely N-dealkylation sites (tertiary alicyclic amines) is 1. The number of amides is 1. The lowest BCUT2D eigenvalue weighted by Crippen LogP contribution is -2.26. The fraction of sp³-hybridized carbons (Fsp3) is 0.375. The number of nitrogens with zero attached hydrogens (tertiary/aromatic N) is 5. The van der Waals surface area contributed by atoms with Crippen LogP contribution < -0.4 is 4.90 Å². The van der Waals surface area contributed by atoms with E-state index < -0.39 is 11.6 Å². The van der Waals surface area contributed by atoms with E-state index in [0.717, 1.165) is 44.0 Å². The molecule has 0 unspecified atom stereocenters. The Morgan fingerprint density at radius 2 is 2.06 bits per heavy atom. The molecule has 3 aromatic rings. The highest BCUT2D eigenvalue weighted by molar-refractivity contribution is 5.92. The van der Waals surface area contributed by atoms with E-state index in [9.17, 15) is 13.6 Å². The lowest BCUT2D eigenvalue weighted by Gasteiger charge is -2.26. The van der Waals surface area contributed by atoms with E-state index in [1.165, 1.54) is 12.1 Å². The summed E-state index contributed by atoms with van der Waals surface area (Å²) in [7, 11) is 0. The Kier molecular flexibility index (Phi) is 5.36. The number of hydrogen-bond donors (Lipinski definition) is 0. The zero-order chi connectivity index (χ0) is 22.2. The van der Waals surface area contributed by atoms with Gasteiger partial charge in [-0.2, -0.15) is 5.10 Å². The second kappa shape index (κ2) is 8.33. The van der Waals surface area contributed by atoms with Crippen LogP contribution in [0, 0.1) is 17.6 Å². The monoisotopic (exact) mass is 437 g/mol. The van der Waals surface area contributed by atoms with E-state index in [1.807, 2.05) is 15.9 Å². The molecule has 0 aliphatic carbocycles. The summed E-state index contributed by atoms with van der Waals surface area (Å²) in [5.41, 5.74) is 1.70. The molecule has 0 radical (unpaired) electrons. The van der Waals surface area contributed by atoms with Crippen LogP contribution in [0.15, 0.2) is 42.7 Å². The summed E-state index contributed by atoms with van der Waals surface area (Å²) >= 11 is 0. The van der Waals surface area contributed by atoms with Crippen LogP contribution in [0.4, 0.5) is 14.6 Å². The summed E-state index contributed by atoms with van der Waals surface area (Å²) < 4.78 is 29.9. The largest absolute Gasteiger partial charge is 0.349 e. The molecule has 5 rings (SSSR count). The first-order valence-electron chi connectivity index (χ1n) is 11.0. The number of hydrogen-bond acceptors (Lipinski definition) is 4. The molecule has 4 heterocycles. The van der Waals surface area contributed by atoms with Gasteiger partial charge in [-0.05, 0) is 55.5 Å². The molecule has 0 bridgehead atoms. The topological polar surface area (TPSA) is 53.7 Å². The van der Waals surface area contributed by atoms with Crippen molar-refractivity contribution in [2.45, 2.75) is 32.2 Å². The minimum absolute atomic E-state index is 0.00830. The van der Waals surface area contributed by atoms with Crippen LogP contribution >= 0.6 is 0 Å². The molecule has 2 atom stereocenters. The fourth-order valence-electron chi connectivity index (χ4n) is 4.69. The van der Waals surface area contributed by atoms with E-state index in [2.05, 4.69) is 12.0 Å². The van der Waals surface area contributed by atoms with Gasteiger partial charge in [0.15, 0.2) is 5.65 Å². The molecule has 2 aliphatic heterocycles. The van der Waals surface area contributed by atoms with Crippen LogP contribution in [0.3, 0.4) is 0 Å². The van der Waals surface area contributed by atoms with Gasteiger partial charge < -0.3 is 9.80 Å². The average Bonchev–Trinajstić information content (AvgIpc) is 3.53. The molecule has 32 heavy (non-hydrogen) atoms. The van der Waals surface area contributed by atoms with Crippen LogP contribution in [-0.4, -0.2) is 45.0 Å². The van der Waals surface area contributed by atoms with Crippen molar-refractivity contribution >= 4 is 23.4 Å². The first-order valence-corrected chi connectivity index (χ1v) is 11.0. The summed E-state index contributed by atoms with van der Waals surface area (Å²) in [6.45, 7) is 4.42. The van der Waals surface area contributed by atoms with E-state index in [4.69, 9.17) is 4.98 Å². The molecule has 2 aliphatic rings. The van der Waals surface area contributed by atoms with Crippen molar-refractivity contribution in [2.24, 2.45) is 5.92 Å². The van der Waals surface area contributed by atoms with Gasteiger partial charge >= 0.3 is 0 Å². The minimum atomic E-state index is -0.447. The first kappa shape index (κ1) is 20.6. The van der Waals surface area contributed by atoms with Gasteiger partial charge in [0.2, 0.25) is 5.91 Å². The van der Waals surface area contributed by atoms with Crippen molar-refractivity contribution in [2.75, 3.05) is 24.5 Å². The Morgan fingerprint density at radius 3 is 2.88 bits per heavy atom. The van der Waals surface area contributed by atoms with E-state index in [1.54, 1.807) is 29.1 Å². The van der Waals surface area contributed by atoms with Crippen molar-refractivity contribution in [3.8, 4) is 0 Å². The summed E-state index contributed by atoms with van der Waals surface area (Å²) in [4.78, 5) is 21.1. The second-order valence-corrected chi connectivity index (χ2v) is 8.68. The maximum absolute atomic E-state index is 14.4. The molecule has 166 valence electrons. The maximum Gasteiger partial charge on any atom is 0.246 e. The van der Waals surface area contributed by atoms with Gasteiger partial charge in [0.05, 0.1) is 12.2 Å². The van der Waals surface area contributed by atoms with E-state index in [0.29, 0.717) is 29.5 Å². The number of halogens is 2. The van der Waals surface area contributed by atoms with Gasteiger partial charge in [-0.1, -0.05) is 6.92 Å². The number of benzene rings is 1. The Bertz CT molecular complexity index is 1190. The lowest BCUT2D eigenvalue weighted by atomic mass is 10.0. The highest BCUT2D eigenvalue weighted by Gasteiger charge is 2.30. The Hall–Kier alpha value is -3.29. The summed E-state index contributed by atoms with van der Waals surface area (Å²) in [6.07, 6.45) is 9.42. The third-order valence-corrected chi connectivity index (χ3v) is 6.39. The molecule has 8 heteroatoms. The Morgan fingerprint density at radius 1 is 1.19 bits per heavy atom. The van der Waals surface area contributed by atoms with Gasteiger partial charge in [-0.3, -0.25) is 4.79 Å². The predicted octanol–water partition coefficient (Wildman–Crippen LogP) is 4.23. The van der Waals surface area contributed by atoms with Gasteiger partial charge in [-0.15, -0.1) is 0 Å². The van der Waals surface area contributed by atoms with Gasteiger partial charge in [-0.25, -0.2) is 18.3 Å². The molecule has 0 N–H and O–H groups in total. The third-order valence-electron chi connectivity index (χ3n) is 6.39. The van der Waals surface area contributed by atoms with Crippen LogP contribution in [0.2, 0.25) is 0 Å². The van der Waals surface area contributed by atoms with Crippen LogP contribution in [-0.2, 0) is 4.79 Å². The molecule has 0 saturated carbocycles. The number of aromatic nitrogens is 3. The van der Waals surface area contributed by atoms with Crippen molar-refractivity contribution < 1.29 is 13.6 Å². The van der Waals surface area contributed by atoms with Gasteiger partial charge in [0.25, 0.3) is 0 Å². The molecule has 1 aromatic carbocycles. The zero-order valence-corrected chi connectivity index (χ0v) is 17.9. The quantitative estimate of drug-likeness (QED) is 0.574. The molecule has 1 amide bonds. The average molecular weight is 437 g/mol. The third kappa shape index (κ3) is 3.85. The number of rotatable bonds is 4. The summed E-state index contributed by atoms with van der Waals surface area (Å²) in [5, 5.41) is 4.33. The summed E-state index contributed by atoms with van der Waals surface area (Å²) in [6, 6.07) is 5.14. The molecule has 2 saturated heterocycles. The number of carbonyl (C=O) groups excluding carboxylic acids is 1. The molecular weight excluding hydrogens is 412 g/mol. The van der Waals surface area contributed by atoms with E-state index >= 15 is 0 Å². The normalized spacial score (nSPS) is 21.3. The Balaban J connectivity index is 1.42. The van der Waals surface area contributed by atoms with Crippen molar-refractivity contribution in [1.82, 2.24) is 19.5 Å². The van der Waals surface area contributed by atoms with E-state index in [-0.39, 0.29) is 11.9 Å². The van der Waals surface area contributed by atoms with Crippen LogP contribution in [0.5, 0.6) is 0 Å². The highest BCUT2D eigenvalue weighted by Crippen LogP contribution is 2.37. The zero-order valence-electron chi connectivity index (χ0n) is 17.9. The van der Waals surface area contributed by atoms with Gasteiger partial charge in [0, 0.05) is 43.0 Å². The number of anilines is 1. The lowest BCUT2D eigenvalue weighted by molar-refractivity contribution is -0.125. The smallest absolute Gasteiger partial charge is 0.246 e. The van der Waals surface area contributed by atoms with Gasteiger partial charge in [0.1, 0.15) is 17.5 Å². The van der Waals surface area contributed by atoms with Crippen molar-refractivity contribution in [3.05, 3.63) is 65.5 Å². The SMILES string of the molecule is C[C@@H]1CCN(C(=O)/C=C/c2cnn3ccc(N4CCC[C@@H]4c4cc(F)ccc4F)nc23)C1. The highest BCUT2D eigenvalue weighted by atomic mass is 19.1. The molecular formula is C24H25F2N5O. The van der Waals surface area contributed by atoms with Crippen molar-refractivity contribution in [3.63, 3.8) is 0 Å². The summed E-state index contributed by atoms with van der Waals surface area (Å²) in [5.74, 6) is 0.346. The minimum Gasteiger partial charge on any atom is -0.349 e. The Labute approximate surface area is 185 Å².